The molecule has 0 unspecified atom stereocenters. The van der Waals surface area contributed by atoms with Gasteiger partial charge in [-0.1, -0.05) is 37.3 Å². The van der Waals surface area contributed by atoms with Crippen LogP contribution in [0.5, 0.6) is 17.4 Å². The van der Waals surface area contributed by atoms with Crippen molar-refractivity contribution in [2.45, 2.75) is 24.8 Å². The lowest BCUT2D eigenvalue weighted by Gasteiger charge is -2.34. The SMILES string of the molecule is CCCOc1ccc(CN2CCN(C(=O)c3cc4ccc(Oc5ccc(-c6ccccc6S(N)(=O)=O)cn5)cc4n3C)CC2)cc1. The molecule has 0 bridgehead atoms. The van der Waals surface area contributed by atoms with E-state index in [1.165, 1.54) is 11.6 Å². The first-order valence-corrected chi connectivity index (χ1v) is 16.8. The van der Waals surface area contributed by atoms with Crippen molar-refractivity contribution < 1.29 is 22.7 Å². The van der Waals surface area contributed by atoms with E-state index in [0.29, 0.717) is 41.5 Å². The van der Waals surface area contributed by atoms with Crippen LogP contribution < -0.4 is 14.6 Å². The number of fused-ring (bicyclic) bond motifs is 1. The predicted molar refractivity (Wildman–Crippen MR) is 177 cm³/mol. The molecule has 3 aromatic carbocycles. The zero-order valence-corrected chi connectivity index (χ0v) is 26.7. The van der Waals surface area contributed by atoms with Gasteiger partial charge in [0, 0.05) is 74.6 Å². The van der Waals surface area contributed by atoms with Crippen LogP contribution in [-0.4, -0.2) is 66.5 Å². The Kier molecular flexibility index (Phi) is 9.07. The number of aryl methyl sites for hydroxylation is 1. The Morgan fingerprint density at radius 3 is 2.35 bits per heavy atom. The van der Waals surface area contributed by atoms with Crippen LogP contribution in [0, 0.1) is 0 Å². The average Bonchev–Trinajstić information content (AvgIpc) is 3.40. The number of amides is 1. The molecule has 11 heteroatoms. The first-order valence-electron chi connectivity index (χ1n) is 15.3. The minimum atomic E-state index is -3.89. The van der Waals surface area contributed by atoms with Crippen LogP contribution in [0.25, 0.3) is 22.0 Å². The van der Waals surface area contributed by atoms with Crippen molar-refractivity contribution in [2.24, 2.45) is 12.2 Å². The molecular weight excluding hydrogens is 602 g/mol. The number of primary sulfonamides is 1. The van der Waals surface area contributed by atoms with Crippen LogP contribution in [0.1, 0.15) is 29.4 Å². The van der Waals surface area contributed by atoms with Crippen molar-refractivity contribution in [3.05, 3.63) is 102 Å². The molecule has 1 aliphatic rings. The third-order valence-electron chi connectivity index (χ3n) is 8.16. The Bertz CT molecular complexity index is 1950. The van der Waals surface area contributed by atoms with Crippen molar-refractivity contribution in [1.82, 2.24) is 19.4 Å². The standard InChI is InChI=1S/C35H37N5O5S/c1-3-20-44-28-12-8-25(9-13-28)24-39-16-18-40(19-17-39)35(41)32-21-26-10-14-29(22-31(26)38(32)2)45-34-15-11-27(23-37-34)30-6-4-5-7-33(30)46(36,42)43/h4-15,21-23H,3,16-20,24H2,1-2H3,(H2,36,42,43). The number of piperazine rings is 1. The number of carbonyl (C=O) groups is 1. The van der Waals surface area contributed by atoms with Gasteiger partial charge in [0.25, 0.3) is 5.91 Å². The molecule has 238 valence electrons. The second-order valence-corrected chi connectivity index (χ2v) is 12.9. The molecule has 0 aliphatic carbocycles. The maximum absolute atomic E-state index is 13.6. The first-order chi connectivity index (χ1) is 22.2. The zero-order valence-electron chi connectivity index (χ0n) is 25.9. The van der Waals surface area contributed by atoms with Gasteiger partial charge in [-0.05, 0) is 54.4 Å². The second-order valence-electron chi connectivity index (χ2n) is 11.4. The maximum Gasteiger partial charge on any atom is 0.270 e. The lowest BCUT2D eigenvalue weighted by Crippen LogP contribution is -2.48. The van der Waals surface area contributed by atoms with Crippen LogP contribution in [0.4, 0.5) is 0 Å². The molecule has 1 fully saturated rings. The Morgan fingerprint density at radius 1 is 0.913 bits per heavy atom. The van der Waals surface area contributed by atoms with Crippen molar-refractivity contribution in [3.8, 4) is 28.5 Å². The Balaban J connectivity index is 1.09. The highest BCUT2D eigenvalue weighted by molar-refractivity contribution is 7.89. The van der Waals surface area contributed by atoms with Crippen LogP contribution in [0.3, 0.4) is 0 Å². The van der Waals surface area contributed by atoms with Crippen LogP contribution in [-0.2, 0) is 23.6 Å². The average molecular weight is 640 g/mol. The van der Waals surface area contributed by atoms with E-state index in [1.54, 1.807) is 36.5 Å². The van der Waals surface area contributed by atoms with E-state index in [4.69, 9.17) is 14.6 Å². The molecule has 0 radical (unpaired) electrons. The summed E-state index contributed by atoms with van der Waals surface area (Å²) in [6.07, 6.45) is 2.54. The van der Waals surface area contributed by atoms with Crippen LogP contribution >= 0.6 is 0 Å². The Labute approximate surface area is 269 Å². The highest BCUT2D eigenvalue weighted by atomic mass is 32.2. The summed E-state index contributed by atoms with van der Waals surface area (Å²) < 4.78 is 37.6. The number of benzene rings is 3. The fraction of sp³-hybridized carbons (Fsp3) is 0.257. The zero-order chi connectivity index (χ0) is 32.3. The fourth-order valence-corrected chi connectivity index (χ4v) is 6.45. The third kappa shape index (κ3) is 6.91. The lowest BCUT2D eigenvalue weighted by atomic mass is 10.1. The smallest absolute Gasteiger partial charge is 0.270 e. The minimum absolute atomic E-state index is 0.00951. The molecule has 3 heterocycles. The molecule has 1 aliphatic heterocycles. The molecule has 5 aromatic rings. The second kappa shape index (κ2) is 13.3. The molecule has 2 N–H and O–H groups in total. The third-order valence-corrected chi connectivity index (χ3v) is 9.13. The van der Waals surface area contributed by atoms with Gasteiger partial charge in [-0.2, -0.15) is 0 Å². The van der Waals surface area contributed by atoms with Gasteiger partial charge in [0.1, 0.15) is 17.2 Å². The summed E-state index contributed by atoms with van der Waals surface area (Å²) in [5, 5.41) is 6.33. The van der Waals surface area contributed by atoms with Gasteiger partial charge in [0.05, 0.1) is 17.0 Å². The molecule has 1 saturated heterocycles. The molecule has 46 heavy (non-hydrogen) atoms. The van der Waals surface area contributed by atoms with Crippen LogP contribution in [0.2, 0.25) is 0 Å². The number of rotatable bonds is 10. The number of hydrogen-bond acceptors (Lipinski definition) is 7. The Hall–Kier alpha value is -4.71. The Morgan fingerprint density at radius 2 is 1.65 bits per heavy atom. The fourth-order valence-electron chi connectivity index (χ4n) is 5.69. The highest BCUT2D eigenvalue weighted by Gasteiger charge is 2.25. The van der Waals surface area contributed by atoms with E-state index in [1.807, 2.05) is 52.9 Å². The summed E-state index contributed by atoms with van der Waals surface area (Å²) >= 11 is 0. The lowest BCUT2D eigenvalue weighted by molar-refractivity contribution is 0.0619. The van der Waals surface area contributed by atoms with Crippen molar-refractivity contribution in [1.29, 1.82) is 0 Å². The molecule has 0 spiro atoms. The number of aromatic nitrogens is 2. The topological polar surface area (TPSA) is 120 Å². The highest BCUT2D eigenvalue weighted by Crippen LogP contribution is 2.30. The van der Waals surface area contributed by atoms with E-state index in [2.05, 4.69) is 28.9 Å². The number of nitrogens with zero attached hydrogens (tertiary/aromatic N) is 4. The van der Waals surface area contributed by atoms with Crippen LogP contribution in [0.15, 0.2) is 96.0 Å². The molecule has 2 aromatic heterocycles. The molecule has 10 nitrogen and oxygen atoms in total. The summed E-state index contributed by atoms with van der Waals surface area (Å²) in [7, 11) is -2.00. The quantitative estimate of drug-likeness (QED) is 0.217. The molecule has 0 atom stereocenters. The number of nitrogens with two attached hydrogens (primary N) is 1. The number of ether oxygens (including phenoxy) is 2. The van der Waals surface area contributed by atoms with Gasteiger partial charge < -0.3 is 18.9 Å². The van der Waals surface area contributed by atoms with Gasteiger partial charge in [-0.15, -0.1) is 0 Å². The van der Waals surface area contributed by atoms with E-state index in [0.717, 1.165) is 49.3 Å². The van der Waals surface area contributed by atoms with Crippen molar-refractivity contribution in [2.75, 3.05) is 32.8 Å². The summed E-state index contributed by atoms with van der Waals surface area (Å²) in [6.45, 7) is 6.59. The number of hydrogen-bond donors (Lipinski definition) is 1. The molecule has 0 saturated carbocycles. The first kappa shape index (κ1) is 31.3. The summed E-state index contributed by atoms with van der Waals surface area (Å²) in [6, 6.07) is 25.8. The number of sulfonamides is 1. The minimum Gasteiger partial charge on any atom is -0.494 e. The van der Waals surface area contributed by atoms with Gasteiger partial charge in [-0.3, -0.25) is 9.69 Å². The largest absolute Gasteiger partial charge is 0.494 e. The van der Waals surface area contributed by atoms with E-state index >= 15 is 0 Å². The van der Waals surface area contributed by atoms with Gasteiger partial charge in [0.15, 0.2) is 0 Å². The van der Waals surface area contributed by atoms with Gasteiger partial charge in [0.2, 0.25) is 15.9 Å². The number of carbonyl (C=O) groups excluding carboxylic acids is 1. The maximum atomic E-state index is 13.6. The summed E-state index contributed by atoms with van der Waals surface area (Å²) in [5.41, 5.74) is 3.79. The summed E-state index contributed by atoms with van der Waals surface area (Å²) in [4.78, 5) is 22.3. The number of pyridine rings is 1. The van der Waals surface area contributed by atoms with Crippen molar-refractivity contribution in [3.63, 3.8) is 0 Å². The molecule has 6 rings (SSSR count). The van der Waals surface area contributed by atoms with Gasteiger partial charge in [-0.25, -0.2) is 18.5 Å². The normalized spacial score (nSPS) is 14.0. The van der Waals surface area contributed by atoms with Gasteiger partial charge >= 0.3 is 0 Å². The van der Waals surface area contributed by atoms with E-state index in [-0.39, 0.29) is 10.8 Å². The molecule has 1 amide bonds. The van der Waals surface area contributed by atoms with E-state index < -0.39 is 10.0 Å². The van der Waals surface area contributed by atoms with E-state index in [9.17, 15) is 13.2 Å². The monoisotopic (exact) mass is 639 g/mol. The summed E-state index contributed by atoms with van der Waals surface area (Å²) in [5.74, 6) is 1.82. The van der Waals surface area contributed by atoms with Crippen molar-refractivity contribution >= 4 is 26.8 Å². The predicted octanol–water partition coefficient (Wildman–Crippen LogP) is 5.43. The molecular formula is C35H37N5O5S.